The second-order valence-electron chi connectivity index (χ2n) is 4.18. The summed E-state index contributed by atoms with van der Waals surface area (Å²) < 4.78 is 5.50. The number of amides is 1. The van der Waals surface area contributed by atoms with E-state index in [1.807, 2.05) is 0 Å². The number of nitrogens with zero attached hydrogens (tertiary/aromatic N) is 2. The first-order chi connectivity index (χ1) is 8.16. The maximum atomic E-state index is 11.8. The van der Waals surface area contributed by atoms with Crippen LogP contribution in [0.15, 0.2) is 18.2 Å². The van der Waals surface area contributed by atoms with Crippen LogP contribution in [0.3, 0.4) is 0 Å². The van der Waals surface area contributed by atoms with Gasteiger partial charge in [0.2, 0.25) is 5.91 Å². The number of hydrogen-bond acceptors (Lipinski definition) is 4. The van der Waals surface area contributed by atoms with Crippen molar-refractivity contribution in [3.63, 3.8) is 0 Å². The van der Waals surface area contributed by atoms with E-state index in [9.17, 15) is 14.9 Å². The zero-order valence-electron chi connectivity index (χ0n) is 8.96. The highest BCUT2D eigenvalue weighted by Gasteiger charge is 2.38. The summed E-state index contributed by atoms with van der Waals surface area (Å²) in [5.74, 6) is 0.558. The number of nitro groups is 1. The zero-order chi connectivity index (χ0) is 12.0. The predicted octanol–water partition coefficient (Wildman–Crippen LogP) is 1.48. The van der Waals surface area contributed by atoms with Crippen LogP contribution in [0, 0.1) is 10.1 Å². The minimum absolute atomic E-state index is 0.0139. The van der Waals surface area contributed by atoms with Gasteiger partial charge in [-0.1, -0.05) is 0 Å². The minimum Gasteiger partial charge on any atom is -0.489 e. The molecular formula is C11H10N2O4. The van der Waals surface area contributed by atoms with Crippen LogP contribution >= 0.6 is 0 Å². The standard InChI is InChI=1S/C11H10N2O4/c14-11-4-2-8-6-17-10-3-1-7(13(15)16)5-9(10)12(8)11/h1,3,5,8H,2,4,6H2. The van der Waals surface area contributed by atoms with E-state index in [-0.39, 0.29) is 17.6 Å². The van der Waals surface area contributed by atoms with E-state index in [1.54, 1.807) is 11.0 Å². The first kappa shape index (κ1) is 10.1. The number of rotatable bonds is 1. The molecule has 88 valence electrons. The molecule has 6 heteroatoms. The molecule has 2 heterocycles. The Balaban J connectivity index is 2.10. The molecule has 1 saturated heterocycles. The number of carbonyl (C=O) groups is 1. The smallest absolute Gasteiger partial charge is 0.271 e. The van der Waals surface area contributed by atoms with Gasteiger partial charge in [-0.05, 0) is 12.5 Å². The van der Waals surface area contributed by atoms with Crippen LogP contribution in [0.1, 0.15) is 12.8 Å². The summed E-state index contributed by atoms with van der Waals surface area (Å²) in [5.41, 5.74) is 0.505. The van der Waals surface area contributed by atoms with Crippen molar-refractivity contribution in [1.29, 1.82) is 0 Å². The molecule has 3 rings (SSSR count). The molecule has 1 aromatic rings. The maximum Gasteiger partial charge on any atom is 0.271 e. The zero-order valence-corrected chi connectivity index (χ0v) is 8.96. The van der Waals surface area contributed by atoms with Crippen molar-refractivity contribution in [1.82, 2.24) is 0 Å². The number of nitro benzene ring substituents is 1. The third-order valence-electron chi connectivity index (χ3n) is 3.17. The molecule has 0 saturated carbocycles. The van der Waals surface area contributed by atoms with Gasteiger partial charge in [0.15, 0.2) is 0 Å². The molecule has 0 N–H and O–H groups in total. The van der Waals surface area contributed by atoms with Crippen LogP contribution in [0.25, 0.3) is 0 Å². The van der Waals surface area contributed by atoms with Crippen LogP contribution in [-0.4, -0.2) is 23.5 Å². The van der Waals surface area contributed by atoms with Crippen molar-refractivity contribution >= 4 is 17.3 Å². The summed E-state index contributed by atoms with van der Waals surface area (Å²) in [6, 6.07) is 4.37. The molecule has 0 bridgehead atoms. The summed E-state index contributed by atoms with van der Waals surface area (Å²) in [6.07, 6.45) is 1.23. The van der Waals surface area contributed by atoms with E-state index in [0.717, 1.165) is 6.42 Å². The number of anilines is 1. The quantitative estimate of drug-likeness (QED) is 0.545. The number of ether oxygens (including phenoxy) is 1. The van der Waals surface area contributed by atoms with E-state index in [2.05, 4.69) is 0 Å². The van der Waals surface area contributed by atoms with Crippen molar-refractivity contribution in [2.24, 2.45) is 0 Å². The molecule has 1 fully saturated rings. The lowest BCUT2D eigenvalue weighted by molar-refractivity contribution is -0.384. The van der Waals surface area contributed by atoms with Gasteiger partial charge in [-0.15, -0.1) is 0 Å². The molecule has 2 aliphatic rings. The monoisotopic (exact) mass is 234 g/mol. The molecule has 1 amide bonds. The van der Waals surface area contributed by atoms with Crippen LogP contribution in [0.5, 0.6) is 5.75 Å². The minimum atomic E-state index is -0.468. The van der Waals surface area contributed by atoms with E-state index in [0.29, 0.717) is 24.5 Å². The lowest BCUT2D eigenvalue weighted by Crippen LogP contribution is -2.40. The number of benzene rings is 1. The summed E-state index contributed by atoms with van der Waals surface area (Å²) in [4.78, 5) is 23.6. The molecule has 17 heavy (non-hydrogen) atoms. The second kappa shape index (κ2) is 3.44. The largest absolute Gasteiger partial charge is 0.489 e. The lowest BCUT2D eigenvalue weighted by Gasteiger charge is -2.31. The van der Waals surface area contributed by atoms with Gasteiger partial charge in [0.25, 0.3) is 5.69 Å². The highest BCUT2D eigenvalue weighted by Crippen LogP contribution is 2.40. The SMILES string of the molecule is O=C1CCC2COc3ccc([N+](=O)[O-])cc3N12. The van der Waals surface area contributed by atoms with Crippen molar-refractivity contribution in [3.8, 4) is 5.75 Å². The molecular weight excluding hydrogens is 224 g/mol. The maximum absolute atomic E-state index is 11.8. The Kier molecular flexibility index (Phi) is 2.04. The fraction of sp³-hybridized carbons (Fsp3) is 0.364. The van der Waals surface area contributed by atoms with E-state index >= 15 is 0 Å². The molecule has 1 aromatic carbocycles. The van der Waals surface area contributed by atoms with Gasteiger partial charge >= 0.3 is 0 Å². The van der Waals surface area contributed by atoms with E-state index in [1.165, 1.54) is 12.1 Å². The highest BCUT2D eigenvalue weighted by atomic mass is 16.6. The topological polar surface area (TPSA) is 72.7 Å². The molecule has 6 nitrogen and oxygen atoms in total. The Morgan fingerprint density at radius 1 is 1.47 bits per heavy atom. The summed E-state index contributed by atoms with van der Waals surface area (Å²) in [5, 5.41) is 10.7. The van der Waals surface area contributed by atoms with Gasteiger partial charge in [-0.3, -0.25) is 14.9 Å². The van der Waals surface area contributed by atoms with Gasteiger partial charge in [-0.25, -0.2) is 0 Å². The van der Waals surface area contributed by atoms with Gasteiger partial charge < -0.3 is 9.64 Å². The Labute approximate surface area is 96.9 Å². The summed E-state index contributed by atoms with van der Waals surface area (Å²) >= 11 is 0. The second-order valence-corrected chi connectivity index (χ2v) is 4.18. The van der Waals surface area contributed by atoms with Gasteiger partial charge in [0.05, 0.1) is 16.7 Å². The highest BCUT2D eigenvalue weighted by molar-refractivity contribution is 5.98. The summed E-state index contributed by atoms with van der Waals surface area (Å²) in [7, 11) is 0. The Hall–Kier alpha value is -2.11. The molecule has 0 radical (unpaired) electrons. The van der Waals surface area contributed by atoms with E-state index in [4.69, 9.17) is 4.74 Å². The van der Waals surface area contributed by atoms with Crippen LogP contribution in [0.4, 0.5) is 11.4 Å². The predicted molar refractivity (Wildman–Crippen MR) is 59.1 cm³/mol. The van der Waals surface area contributed by atoms with Crippen molar-refractivity contribution in [2.75, 3.05) is 11.5 Å². The molecule has 0 aliphatic carbocycles. The molecule has 2 aliphatic heterocycles. The number of non-ortho nitro benzene ring substituents is 1. The average Bonchev–Trinajstić information content (AvgIpc) is 2.70. The summed E-state index contributed by atoms with van der Waals surface area (Å²) in [6.45, 7) is 0.469. The van der Waals surface area contributed by atoms with Crippen molar-refractivity contribution in [2.45, 2.75) is 18.9 Å². The van der Waals surface area contributed by atoms with Gasteiger partial charge in [0.1, 0.15) is 12.4 Å². The molecule has 1 atom stereocenters. The number of hydrogen-bond donors (Lipinski definition) is 0. The van der Waals surface area contributed by atoms with Crippen molar-refractivity contribution < 1.29 is 14.5 Å². The Morgan fingerprint density at radius 3 is 3.06 bits per heavy atom. The van der Waals surface area contributed by atoms with E-state index < -0.39 is 4.92 Å². The average molecular weight is 234 g/mol. The molecule has 0 spiro atoms. The van der Waals surface area contributed by atoms with Gasteiger partial charge in [0, 0.05) is 18.6 Å². The Bertz CT molecular complexity index is 514. The third kappa shape index (κ3) is 1.44. The fourth-order valence-electron chi connectivity index (χ4n) is 2.35. The van der Waals surface area contributed by atoms with Crippen molar-refractivity contribution in [3.05, 3.63) is 28.3 Å². The lowest BCUT2D eigenvalue weighted by atomic mass is 10.1. The number of carbonyl (C=O) groups excluding carboxylic acids is 1. The first-order valence-corrected chi connectivity index (χ1v) is 5.40. The van der Waals surface area contributed by atoms with Crippen LogP contribution < -0.4 is 9.64 Å². The third-order valence-corrected chi connectivity index (χ3v) is 3.17. The van der Waals surface area contributed by atoms with Crippen LogP contribution in [0.2, 0.25) is 0 Å². The number of fused-ring (bicyclic) bond motifs is 3. The first-order valence-electron chi connectivity index (χ1n) is 5.40. The Morgan fingerprint density at radius 2 is 2.29 bits per heavy atom. The molecule has 0 aromatic heterocycles. The molecule has 1 unspecified atom stereocenters. The normalized spacial score (nSPS) is 21.8. The van der Waals surface area contributed by atoms with Crippen LogP contribution in [-0.2, 0) is 4.79 Å². The van der Waals surface area contributed by atoms with Gasteiger partial charge in [-0.2, -0.15) is 0 Å². The fourth-order valence-corrected chi connectivity index (χ4v) is 2.35.